The summed E-state index contributed by atoms with van der Waals surface area (Å²) in [7, 11) is 0. The molecule has 1 N–H and O–H groups in total. The Balaban J connectivity index is 2.33. The molecule has 134 valence electrons. The molecule has 6 heteroatoms. The summed E-state index contributed by atoms with van der Waals surface area (Å²) in [4.78, 5) is 26.1. The monoisotopic (exact) mass is 361 g/mol. The van der Waals surface area contributed by atoms with Crippen molar-refractivity contribution in [2.45, 2.75) is 39.5 Å². The third-order valence-corrected chi connectivity index (χ3v) is 4.87. The third-order valence-electron chi connectivity index (χ3n) is 3.82. The standard InChI is InChI=1S/C19H23NO4S/c1-3-5-7-12-17(21)20(4-2)15-13-16(14-10-8-6-9-11-14)25-18(15)24-19(22)23/h6,8-11,13H,3-5,7,12H2,1-2H3,(H,22,23). The average Bonchev–Trinajstić information content (AvgIpc) is 2.99. The van der Waals surface area contributed by atoms with Crippen molar-refractivity contribution < 1.29 is 19.4 Å². The fraction of sp³-hybridized carbons (Fsp3) is 0.368. The molecule has 25 heavy (non-hydrogen) atoms. The Morgan fingerprint density at radius 1 is 1.16 bits per heavy atom. The van der Waals surface area contributed by atoms with E-state index in [1.165, 1.54) is 11.3 Å². The number of hydrogen-bond acceptors (Lipinski definition) is 4. The van der Waals surface area contributed by atoms with Crippen LogP contribution in [0, 0.1) is 0 Å². The Labute approximate surface area is 151 Å². The predicted molar refractivity (Wildman–Crippen MR) is 101 cm³/mol. The van der Waals surface area contributed by atoms with Crippen molar-refractivity contribution in [1.82, 2.24) is 0 Å². The van der Waals surface area contributed by atoms with Crippen molar-refractivity contribution >= 4 is 29.1 Å². The second kappa shape index (κ2) is 9.22. The molecule has 0 unspecified atom stereocenters. The van der Waals surface area contributed by atoms with Crippen LogP contribution in [0.25, 0.3) is 10.4 Å². The first-order valence-electron chi connectivity index (χ1n) is 8.47. The number of hydrogen-bond donors (Lipinski definition) is 1. The van der Waals surface area contributed by atoms with Gasteiger partial charge in [0.25, 0.3) is 0 Å². The molecule has 2 aromatic rings. The molecule has 1 heterocycles. The minimum atomic E-state index is -1.38. The number of nitrogens with zero attached hydrogens (tertiary/aromatic N) is 1. The van der Waals surface area contributed by atoms with E-state index in [9.17, 15) is 9.59 Å². The van der Waals surface area contributed by atoms with Gasteiger partial charge in [0, 0.05) is 17.8 Å². The number of unbranched alkanes of at least 4 members (excludes halogenated alkanes) is 2. The van der Waals surface area contributed by atoms with Gasteiger partial charge in [-0.1, -0.05) is 61.4 Å². The van der Waals surface area contributed by atoms with E-state index in [0.717, 1.165) is 29.7 Å². The second-order valence-electron chi connectivity index (χ2n) is 5.61. The zero-order chi connectivity index (χ0) is 18.2. The summed E-state index contributed by atoms with van der Waals surface area (Å²) in [5, 5.41) is 9.25. The van der Waals surface area contributed by atoms with Crippen LogP contribution in [0.1, 0.15) is 39.5 Å². The van der Waals surface area contributed by atoms with Crippen LogP contribution in [0.4, 0.5) is 10.5 Å². The highest BCUT2D eigenvalue weighted by molar-refractivity contribution is 7.18. The quantitative estimate of drug-likeness (QED) is 0.504. The maximum Gasteiger partial charge on any atom is 0.512 e. The van der Waals surface area contributed by atoms with Crippen LogP contribution in [0.15, 0.2) is 36.4 Å². The normalized spacial score (nSPS) is 10.5. The Morgan fingerprint density at radius 2 is 1.88 bits per heavy atom. The molecule has 0 aliphatic rings. The first-order chi connectivity index (χ1) is 12.1. The van der Waals surface area contributed by atoms with E-state index in [4.69, 9.17) is 9.84 Å². The number of carboxylic acid groups (broad SMARTS) is 1. The largest absolute Gasteiger partial charge is 0.512 e. The summed E-state index contributed by atoms with van der Waals surface area (Å²) in [6.07, 6.45) is 1.95. The molecule has 0 fully saturated rings. The molecule has 0 aliphatic heterocycles. The number of carbonyl (C=O) groups excluding carboxylic acids is 1. The van der Waals surface area contributed by atoms with Crippen molar-refractivity contribution in [3.05, 3.63) is 36.4 Å². The molecular formula is C19H23NO4S. The lowest BCUT2D eigenvalue weighted by Gasteiger charge is -2.20. The average molecular weight is 361 g/mol. The zero-order valence-corrected chi connectivity index (χ0v) is 15.3. The molecule has 5 nitrogen and oxygen atoms in total. The molecule has 0 saturated heterocycles. The molecule has 0 saturated carbocycles. The molecule has 1 aromatic carbocycles. The highest BCUT2D eigenvalue weighted by Gasteiger charge is 2.23. The highest BCUT2D eigenvalue weighted by Crippen LogP contribution is 2.43. The zero-order valence-electron chi connectivity index (χ0n) is 14.5. The van der Waals surface area contributed by atoms with Crippen LogP contribution in [0.5, 0.6) is 5.06 Å². The van der Waals surface area contributed by atoms with Crippen molar-refractivity contribution in [3.8, 4) is 15.5 Å². The van der Waals surface area contributed by atoms with E-state index in [1.54, 1.807) is 4.90 Å². The molecule has 1 amide bonds. The molecule has 2 rings (SSSR count). The van der Waals surface area contributed by atoms with Gasteiger partial charge < -0.3 is 14.7 Å². The fourth-order valence-corrected chi connectivity index (χ4v) is 3.60. The van der Waals surface area contributed by atoms with Gasteiger partial charge in [-0.25, -0.2) is 4.79 Å². The van der Waals surface area contributed by atoms with Gasteiger partial charge in [-0.05, 0) is 25.0 Å². The first kappa shape index (κ1) is 19.0. The van der Waals surface area contributed by atoms with Crippen molar-refractivity contribution in [3.63, 3.8) is 0 Å². The maximum absolute atomic E-state index is 12.6. The van der Waals surface area contributed by atoms with E-state index >= 15 is 0 Å². The van der Waals surface area contributed by atoms with Crippen molar-refractivity contribution in [1.29, 1.82) is 0 Å². The summed E-state index contributed by atoms with van der Waals surface area (Å²) >= 11 is 1.23. The summed E-state index contributed by atoms with van der Waals surface area (Å²) in [6.45, 7) is 4.43. The van der Waals surface area contributed by atoms with Gasteiger partial charge in [-0.3, -0.25) is 4.79 Å². The number of ether oxygens (including phenoxy) is 1. The lowest BCUT2D eigenvalue weighted by atomic mass is 10.1. The van der Waals surface area contributed by atoms with Gasteiger partial charge in [0.1, 0.15) is 0 Å². The SMILES string of the molecule is CCCCCC(=O)N(CC)c1cc(-c2ccccc2)sc1OC(=O)O. The Hall–Kier alpha value is -2.34. The number of carbonyl (C=O) groups is 2. The van der Waals surface area contributed by atoms with Crippen LogP contribution in [0.2, 0.25) is 0 Å². The van der Waals surface area contributed by atoms with Crippen LogP contribution in [-0.2, 0) is 4.79 Å². The van der Waals surface area contributed by atoms with Gasteiger partial charge in [0.15, 0.2) is 0 Å². The summed E-state index contributed by atoms with van der Waals surface area (Å²) in [5.74, 6) is -0.0106. The van der Waals surface area contributed by atoms with Gasteiger partial charge in [-0.15, -0.1) is 0 Å². The smallest absolute Gasteiger partial charge is 0.449 e. The topological polar surface area (TPSA) is 66.8 Å². The van der Waals surface area contributed by atoms with E-state index in [2.05, 4.69) is 6.92 Å². The molecule has 0 spiro atoms. The Bertz CT molecular complexity index is 711. The van der Waals surface area contributed by atoms with Gasteiger partial charge in [-0.2, -0.15) is 0 Å². The van der Waals surface area contributed by atoms with Gasteiger partial charge in [0.05, 0.1) is 5.69 Å². The van der Waals surface area contributed by atoms with Crippen molar-refractivity contribution in [2.24, 2.45) is 0 Å². The van der Waals surface area contributed by atoms with Crippen LogP contribution in [0.3, 0.4) is 0 Å². The lowest BCUT2D eigenvalue weighted by molar-refractivity contribution is -0.118. The van der Waals surface area contributed by atoms with Crippen LogP contribution in [-0.4, -0.2) is 23.7 Å². The van der Waals surface area contributed by atoms with E-state index in [0.29, 0.717) is 18.7 Å². The van der Waals surface area contributed by atoms with E-state index in [-0.39, 0.29) is 11.0 Å². The molecule has 0 radical (unpaired) electrons. The second-order valence-corrected chi connectivity index (χ2v) is 6.63. The third kappa shape index (κ3) is 5.06. The Kier molecular flexibility index (Phi) is 7.01. The predicted octanol–water partition coefficient (Wildman–Crippen LogP) is 5.41. The van der Waals surface area contributed by atoms with E-state index in [1.807, 2.05) is 43.3 Å². The summed E-state index contributed by atoms with van der Waals surface area (Å²) < 4.78 is 4.95. The lowest BCUT2D eigenvalue weighted by Crippen LogP contribution is -2.30. The van der Waals surface area contributed by atoms with Crippen LogP contribution >= 0.6 is 11.3 Å². The maximum atomic E-state index is 12.6. The number of thiophene rings is 1. The number of benzene rings is 1. The number of rotatable bonds is 8. The number of anilines is 1. The van der Waals surface area contributed by atoms with Crippen LogP contribution < -0.4 is 9.64 Å². The number of amides is 1. The summed E-state index contributed by atoms with van der Waals surface area (Å²) in [6, 6.07) is 11.5. The fourth-order valence-electron chi connectivity index (χ4n) is 2.59. The minimum Gasteiger partial charge on any atom is -0.449 e. The van der Waals surface area contributed by atoms with Gasteiger partial charge >= 0.3 is 6.16 Å². The molecule has 0 aliphatic carbocycles. The molecular weight excluding hydrogens is 338 g/mol. The highest BCUT2D eigenvalue weighted by atomic mass is 32.1. The van der Waals surface area contributed by atoms with Crippen molar-refractivity contribution in [2.75, 3.05) is 11.4 Å². The Morgan fingerprint density at radius 3 is 2.48 bits per heavy atom. The molecule has 0 atom stereocenters. The minimum absolute atomic E-state index is 0.0106. The molecule has 0 bridgehead atoms. The molecule has 1 aromatic heterocycles. The first-order valence-corrected chi connectivity index (χ1v) is 9.28. The van der Waals surface area contributed by atoms with E-state index < -0.39 is 6.16 Å². The summed E-state index contributed by atoms with van der Waals surface area (Å²) in [5.41, 5.74) is 1.48. The van der Waals surface area contributed by atoms with Gasteiger partial charge in [0.2, 0.25) is 11.0 Å².